The molecule has 0 spiro atoms. The van der Waals surface area contributed by atoms with Gasteiger partial charge in [-0.3, -0.25) is 4.79 Å². The Kier molecular flexibility index (Phi) is 6.48. The minimum atomic E-state index is 0.146. The lowest BCUT2D eigenvalue weighted by atomic mass is 9.43. The number of methoxy groups -OCH3 is 1. The fraction of sp³-hybridized carbons (Fsp3) is 0.964. The van der Waals surface area contributed by atoms with E-state index in [1.165, 1.54) is 57.8 Å². The van der Waals surface area contributed by atoms with Gasteiger partial charge in [0.05, 0.1) is 6.10 Å². The van der Waals surface area contributed by atoms with E-state index >= 15 is 0 Å². The largest absolute Gasteiger partial charge is 0.380 e. The molecule has 0 aromatic carbocycles. The first-order valence-corrected chi connectivity index (χ1v) is 13.3. The average Bonchev–Trinajstić information content (AvgIpc) is 3.05. The molecule has 0 bridgehead atoms. The summed E-state index contributed by atoms with van der Waals surface area (Å²) in [5.74, 6) is 6.17. The van der Waals surface area contributed by atoms with E-state index in [1.807, 2.05) is 7.11 Å². The van der Waals surface area contributed by atoms with E-state index in [0.29, 0.717) is 23.5 Å². The van der Waals surface area contributed by atoms with Gasteiger partial charge in [0.15, 0.2) is 0 Å². The second-order valence-corrected chi connectivity index (χ2v) is 12.7. The van der Waals surface area contributed by atoms with Crippen molar-refractivity contribution in [3.8, 4) is 0 Å². The van der Waals surface area contributed by atoms with Crippen molar-refractivity contribution in [2.75, 3.05) is 7.11 Å². The maximum Gasteiger partial charge on any atom is 0.135 e. The molecule has 0 aromatic rings. The second kappa shape index (κ2) is 8.53. The Hall–Kier alpha value is -0.370. The summed E-state index contributed by atoms with van der Waals surface area (Å²) < 4.78 is 6.02. The highest BCUT2D eigenvalue weighted by Crippen LogP contribution is 2.68. The third kappa shape index (κ3) is 3.61. The van der Waals surface area contributed by atoms with Crippen LogP contribution in [0.5, 0.6) is 0 Å². The van der Waals surface area contributed by atoms with Gasteiger partial charge in [-0.15, -0.1) is 0 Å². The summed E-state index contributed by atoms with van der Waals surface area (Å²) in [5.41, 5.74) is 0.766. The lowest BCUT2D eigenvalue weighted by Crippen LogP contribution is -2.59. The van der Waals surface area contributed by atoms with Crippen LogP contribution in [0.3, 0.4) is 0 Å². The van der Waals surface area contributed by atoms with Gasteiger partial charge in [-0.1, -0.05) is 53.9 Å². The molecule has 4 rings (SSSR count). The van der Waals surface area contributed by atoms with E-state index in [0.717, 1.165) is 41.9 Å². The minimum Gasteiger partial charge on any atom is -0.380 e. The van der Waals surface area contributed by atoms with Crippen LogP contribution in [-0.2, 0) is 9.53 Å². The van der Waals surface area contributed by atoms with Gasteiger partial charge in [0.25, 0.3) is 0 Å². The Morgan fingerprint density at radius 3 is 2.43 bits per heavy atom. The Labute approximate surface area is 186 Å². The van der Waals surface area contributed by atoms with Crippen molar-refractivity contribution in [3.05, 3.63) is 0 Å². The summed E-state index contributed by atoms with van der Waals surface area (Å²) >= 11 is 0. The molecule has 0 aromatic heterocycles. The number of Topliss-reactive ketones (excluding diaryl/α,β-unsaturated/α-hetero) is 1. The molecule has 2 nitrogen and oxygen atoms in total. The number of ether oxygens (including phenoxy) is 1. The third-order valence-electron chi connectivity index (χ3n) is 11.0. The lowest BCUT2D eigenvalue weighted by molar-refractivity contribution is -0.178. The zero-order valence-corrected chi connectivity index (χ0v) is 20.7. The summed E-state index contributed by atoms with van der Waals surface area (Å²) in [7, 11) is 1.85. The van der Waals surface area contributed by atoms with Crippen molar-refractivity contribution >= 4 is 5.78 Å². The number of carbonyl (C=O) groups excluding carboxylic acids is 1. The highest BCUT2D eigenvalue weighted by Gasteiger charge is 2.62. The SMILES string of the molecule is CO[C@H]1CC(=O)C[C@H]2CC[C@H]3[C@@H]4CC[C@H]([C@H](C)CCCC(C)C)[C@@]4(C)CC[C@@H]3[C@]21C. The van der Waals surface area contributed by atoms with Crippen LogP contribution >= 0.6 is 0 Å². The number of hydrogen-bond donors (Lipinski definition) is 0. The highest BCUT2D eigenvalue weighted by atomic mass is 16.5. The molecular formula is C28H48O2. The van der Waals surface area contributed by atoms with Crippen LogP contribution in [0.2, 0.25) is 0 Å². The van der Waals surface area contributed by atoms with Gasteiger partial charge < -0.3 is 4.74 Å². The van der Waals surface area contributed by atoms with E-state index in [2.05, 4.69) is 34.6 Å². The first kappa shape index (κ1) is 22.8. The minimum absolute atomic E-state index is 0.146. The smallest absolute Gasteiger partial charge is 0.135 e. The molecule has 30 heavy (non-hydrogen) atoms. The number of hydrogen-bond acceptors (Lipinski definition) is 2. The summed E-state index contributed by atoms with van der Waals surface area (Å²) in [6.45, 7) is 12.5. The molecule has 0 radical (unpaired) electrons. The van der Waals surface area contributed by atoms with Crippen LogP contribution in [0, 0.1) is 52.3 Å². The monoisotopic (exact) mass is 416 g/mol. The Morgan fingerprint density at radius 1 is 0.967 bits per heavy atom. The topological polar surface area (TPSA) is 26.3 Å². The molecule has 4 saturated carbocycles. The van der Waals surface area contributed by atoms with Gasteiger partial charge in [0.1, 0.15) is 5.78 Å². The van der Waals surface area contributed by atoms with Crippen LogP contribution in [0.25, 0.3) is 0 Å². The van der Waals surface area contributed by atoms with Gasteiger partial charge in [-0.2, -0.15) is 0 Å². The standard InChI is InChI=1S/C28H48O2/c1-18(2)8-7-9-19(3)23-12-13-24-22-11-10-20-16-21(29)17-26(30-6)28(20,5)25(22)14-15-27(23,24)4/h18-20,22-26H,7-17H2,1-6H3/t19-,20-,22+,23-,24+,25+,26+,27-,28+/m1/s1. The first-order chi connectivity index (χ1) is 14.2. The molecule has 4 fully saturated rings. The van der Waals surface area contributed by atoms with Crippen molar-refractivity contribution in [2.24, 2.45) is 52.3 Å². The second-order valence-electron chi connectivity index (χ2n) is 12.7. The molecular weight excluding hydrogens is 368 g/mol. The fourth-order valence-electron chi connectivity index (χ4n) is 9.44. The fourth-order valence-corrected chi connectivity index (χ4v) is 9.44. The van der Waals surface area contributed by atoms with E-state index in [-0.39, 0.29) is 11.5 Å². The van der Waals surface area contributed by atoms with Crippen LogP contribution < -0.4 is 0 Å². The van der Waals surface area contributed by atoms with Crippen LogP contribution in [0.15, 0.2) is 0 Å². The Morgan fingerprint density at radius 2 is 1.73 bits per heavy atom. The van der Waals surface area contributed by atoms with Crippen molar-refractivity contribution in [2.45, 2.75) is 111 Å². The van der Waals surface area contributed by atoms with E-state index in [9.17, 15) is 4.79 Å². The summed E-state index contributed by atoms with van der Waals surface area (Å²) in [6, 6.07) is 0. The van der Waals surface area contributed by atoms with Gasteiger partial charge in [0, 0.05) is 25.4 Å². The molecule has 0 N–H and O–H groups in total. The molecule has 9 atom stereocenters. The van der Waals surface area contributed by atoms with Gasteiger partial charge in [0.2, 0.25) is 0 Å². The molecule has 0 aliphatic heterocycles. The van der Waals surface area contributed by atoms with Gasteiger partial charge in [-0.05, 0) is 85.4 Å². The Balaban J connectivity index is 1.51. The predicted octanol–water partition coefficient (Wildman–Crippen LogP) is 7.30. The lowest BCUT2D eigenvalue weighted by Gasteiger charge is -2.62. The molecule has 2 heteroatoms. The molecule has 4 aliphatic rings. The van der Waals surface area contributed by atoms with Crippen LogP contribution in [0.1, 0.15) is 105 Å². The third-order valence-corrected chi connectivity index (χ3v) is 11.0. The number of ketones is 1. The van der Waals surface area contributed by atoms with Crippen molar-refractivity contribution in [1.82, 2.24) is 0 Å². The van der Waals surface area contributed by atoms with Gasteiger partial charge in [-0.25, -0.2) is 0 Å². The first-order valence-electron chi connectivity index (χ1n) is 13.3. The van der Waals surface area contributed by atoms with Crippen LogP contribution in [0.4, 0.5) is 0 Å². The molecule has 4 aliphatic carbocycles. The summed E-state index contributed by atoms with van der Waals surface area (Å²) in [4.78, 5) is 12.4. The van der Waals surface area contributed by atoms with Crippen LogP contribution in [-0.4, -0.2) is 19.0 Å². The molecule has 0 saturated heterocycles. The van der Waals surface area contributed by atoms with E-state index in [4.69, 9.17) is 4.74 Å². The maximum atomic E-state index is 12.4. The number of fused-ring (bicyclic) bond motifs is 5. The molecule has 172 valence electrons. The summed E-state index contributed by atoms with van der Waals surface area (Å²) in [5, 5.41) is 0. The van der Waals surface area contributed by atoms with E-state index < -0.39 is 0 Å². The predicted molar refractivity (Wildman–Crippen MR) is 124 cm³/mol. The number of rotatable bonds is 6. The quantitative estimate of drug-likeness (QED) is 0.454. The normalized spacial score (nSPS) is 47.0. The molecule has 0 heterocycles. The van der Waals surface area contributed by atoms with Gasteiger partial charge >= 0.3 is 0 Å². The molecule has 0 unspecified atom stereocenters. The summed E-state index contributed by atoms with van der Waals surface area (Å²) in [6.07, 6.45) is 14.1. The van der Waals surface area contributed by atoms with E-state index in [1.54, 1.807) is 0 Å². The molecule has 0 amide bonds. The average molecular weight is 417 g/mol. The van der Waals surface area contributed by atoms with Crippen molar-refractivity contribution < 1.29 is 9.53 Å². The zero-order chi connectivity index (χ0) is 21.7. The number of carbonyl (C=O) groups is 1. The Bertz CT molecular complexity index is 614. The zero-order valence-electron chi connectivity index (χ0n) is 20.7. The van der Waals surface area contributed by atoms with Crippen molar-refractivity contribution in [3.63, 3.8) is 0 Å². The highest BCUT2D eigenvalue weighted by molar-refractivity contribution is 5.80. The van der Waals surface area contributed by atoms with Crippen molar-refractivity contribution in [1.29, 1.82) is 0 Å². The maximum absolute atomic E-state index is 12.4.